The second-order valence-corrected chi connectivity index (χ2v) is 4.87. The molecule has 0 bridgehead atoms. The molecule has 22 heavy (non-hydrogen) atoms. The number of hydrogen-bond acceptors (Lipinski definition) is 5. The van der Waals surface area contributed by atoms with Crippen molar-refractivity contribution in [3.63, 3.8) is 0 Å². The summed E-state index contributed by atoms with van der Waals surface area (Å²) in [7, 11) is 0. The van der Waals surface area contributed by atoms with E-state index in [0.717, 1.165) is 6.07 Å². The molecule has 2 heterocycles. The van der Waals surface area contributed by atoms with E-state index < -0.39 is 17.2 Å². The van der Waals surface area contributed by atoms with Gasteiger partial charge in [0, 0.05) is 11.5 Å². The van der Waals surface area contributed by atoms with Crippen LogP contribution in [0, 0.1) is 0 Å². The van der Waals surface area contributed by atoms with Crippen LogP contribution in [0.1, 0.15) is 16.2 Å². The van der Waals surface area contributed by atoms with Crippen molar-refractivity contribution in [3.8, 4) is 0 Å². The Kier molecular flexibility index (Phi) is 3.56. The summed E-state index contributed by atoms with van der Waals surface area (Å²) in [4.78, 5) is 38.5. The van der Waals surface area contributed by atoms with Crippen molar-refractivity contribution < 1.29 is 13.9 Å². The number of hydrogen-bond donors (Lipinski definition) is 2. The van der Waals surface area contributed by atoms with Crippen molar-refractivity contribution in [1.82, 2.24) is 9.97 Å². The lowest BCUT2D eigenvalue weighted by atomic mass is 10.2. The summed E-state index contributed by atoms with van der Waals surface area (Å²) in [6.45, 7) is -0.261. The number of rotatable bonds is 3. The molecule has 0 aliphatic carbocycles. The third kappa shape index (κ3) is 2.79. The van der Waals surface area contributed by atoms with Gasteiger partial charge in [-0.15, -0.1) is 0 Å². The summed E-state index contributed by atoms with van der Waals surface area (Å²) in [5.41, 5.74) is -0.684. The lowest BCUT2D eigenvalue weighted by molar-refractivity contribution is 0.0433. The quantitative estimate of drug-likeness (QED) is 0.716. The topological polar surface area (TPSA) is 105 Å². The first-order chi connectivity index (χ1) is 10.5. The van der Waals surface area contributed by atoms with E-state index in [1.807, 2.05) is 4.98 Å². The number of carbonyl (C=O) groups is 1. The minimum Gasteiger partial charge on any atom is -0.453 e. The fourth-order valence-corrected chi connectivity index (χ4v) is 2.16. The molecule has 0 fully saturated rings. The average Bonchev–Trinajstić information content (AvgIpc) is 2.89. The second kappa shape index (κ2) is 5.53. The summed E-state index contributed by atoms with van der Waals surface area (Å²) >= 11 is 5.96. The maximum absolute atomic E-state index is 11.9. The number of benzene rings is 1. The number of halogens is 1. The Bertz CT molecular complexity index is 941. The molecule has 3 aromatic rings. The predicted octanol–water partition coefficient (Wildman–Crippen LogP) is 1.82. The summed E-state index contributed by atoms with van der Waals surface area (Å²) in [6.07, 6.45) is 0. The van der Waals surface area contributed by atoms with E-state index in [9.17, 15) is 14.4 Å². The number of nitrogens with one attached hydrogen (secondary N) is 2. The number of esters is 1. The van der Waals surface area contributed by atoms with Crippen LogP contribution in [-0.4, -0.2) is 15.9 Å². The zero-order valence-corrected chi connectivity index (χ0v) is 11.8. The van der Waals surface area contributed by atoms with Crippen molar-refractivity contribution >= 4 is 28.5 Å². The average molecular weight is 321 g/mol. The van der Waals surface area contributed by atoms with Gasteiger partial charge in [-0.05, 0) is 12.1 Å². The Balaban J connectivity index is 1.80. The summed E-state index contributed by atoms with van der Waals surface area (Å²) in [5, 5.41) is 1.06. The van der Waals surface area contributed by atoms with Gasteiger partial charge in [-0.25, -0.2) is 9.59 Å². The number of para-hydroxylation sites is 1. The molecule has 0 aliphatic rings. The van der Waals surface area contributed by atoms with Gasteiger partial charge in [-0.2, -0.15) is 0 Å². The third-order valence-corrected chi connectivity index (χ3v) is 3.17. The maximum Gasteiger partial charge on any atom is 0.374 e. The number of furan rings is 1. The molecule has 0 radical (unpaired) electrons. The monoisotopic (exact) mass is 320 g/mol. The molecule has 0 amide bonds. The lowest BCUT2D eigenvalue weighted by Crippen LogP contribution is -2.23. The first-order valence-electron chi connectivity index (χ1n) is 6.20. The molecule has 2 aromatic heterocycles. The van der Waals surface area contributed by atoms with Gasteiger partial charge in [-0.3, -0.25) is 9.78 Å². The molecule has 0 aliphatic heterocycles. The summed E-state index contributed by atoms with van der Waals surface area (Å²) < 4.78 is 10.3. The van der Waals surface area contributed by atoms with Crippen LogP contribution in [0.3, 0.4) is 0 Å². The molecular formula is C14H9ClN2O5. The van der Waals surface area contributed by atoms with Gasteiger partial charge in [0.15, 0.2) is 5.58 Å². The van der Waals surface area contributed by atoms with E-state index in [-0.39, 0.29) is 18.1 Å². The number of aromatic amines is 2. The van der Waals surface area contributed by atoms with E-state index in [0.29, 0.717) is 16.0 Å². The fourth-order valence-electron chi connectivity index (χ4n) is 1.94. The van der Waals surface area contributed by atoms with Crippen molar-refractivity contribution in [1.29, 1.82) is 0 Å². The van der Waals surface area contributed by atoms with Crippen LogP contribution in [0.25, 0.3) is 11.0 Å². The van der Waals surface area contributed by atoms with Crippen molar-refractivity contribution in [2.45, 2.75) is 6.61 Å². The summed E-state index contributed by atoms with van der Waals surface area (Å²) in [6, 6.07) is 7.75. The molecule has 1 aromatic carbocycles. The van der Waals surface area contributed by atoms with Crippen LogP contribution >= 0.6 is 11.6 Å². The molecule has 0 saturated heterocycles. The Morgan fingerprint density at radius 2 is 2.05 bits per heavy atom. The van der Waals surface area contributed by atoms with Gasteiger partial charge in [0.25, 0.3) is 5.56 Å². The smallest absolute Gasteiger partial charge is 0.374 e. The minimum absolute atomic E-state index is 0.0183. The highest BCUT2D eigenvalue weighted by Crippen LogP contribution is 2.26. The highest BCUT2D eigenvalue weighted by Gasteiger charge is 2.15. The number of ether oxygens (including phenoxy) is 1. The number of fused-ring (bicyclic) bond motifs is 1. The Morgan fingerprint density at radius 1 is 1.23 bits per heavy atom. The first-order valence-corrected chi connectivity index (χ1v) is 6.58. The van der Waals surface area contributed by atoms with Crippen molar-refractivity contribution in [3.05, 3.63) is 67.6 Å². The van der Waals surface area contributed by atoms with Crippen LogP contribution in [0.5, 0.6) is 0 Å². The molecule has 2 N–H and O–H groups in total. The number of carbonyl (C=O) groups excluding carboxylic acids is 1. The van der Waals surface area contributed by atoms with Crippen molar-refractivity contribution in [2.24, 2.45) is 0 Å². The first kappa shape index (κ1) is 14.2. The Morgan fingerprint density at radius 3 is 2.77 bits per heavy atom. The molecule has 112 valence electrons. The zero-order valence-electron chi connectivity index (χ0n) is 11.0. The third-order valence-electron chi connectivity index (χ3n) is 2.87. The fraction of sp³-hybridized carbons (Fsp3) is 0.0714. The number of H-pyrrole nitrogens is 2. The highest BCUT2D eigenvalue weighted by atomic mass is 35.5. The highest BCUT2D eigenvalue weighted by molar-refractivity contribution is 6.34. The van der Waals surface area contributed by atoms with Gasteiger partial charge < -0.3 is 14.1 Å². The minimum atomic E-state index is -0.728. The lowest BCUT2D eigenvalue weighted by Gasteiger charge is -2.01. The molecule has 8 heteroatoms. The van der Waals surface area contributed by atoms with E-state index in [1.165, 1.54) is 6.07 Å². The van der Waals surface area contributed by atoms with Crippen LogP contribution < -0.4 is 11.2 Å². The van der Waals surface area contributed by atoms with Gasteiger partial charge in [0.05, 0.1) is 10.7 Å². The molecule has 0 atom stereocenters. The maximum atomic E-state index is 11.9. The molecule has 0 spiro atoms. The molecule has 0 unspecified atom stereocenters. The molecular weight excluding hydrogens is 312 g/mol. The zero-order chi connectivity index (χ0) is 15.7. The van der Waals surface area contributed by atoms with E-state index in [1.54, 1.807) is 18.2 Å². The van der Waals surface area contributed by atoms with Crippen LogP contribution in [-0.2, 0) is 11.3 Å². The normalized spacial score (nSPS) is 10.8. The predicted molar refractivity (Wildman–Crippen MR) is 78.0 cm³/mol. The SMILES string of the molecule is O=C(OCc1cc(=O)[nH]c(=O)[nH]1)c1cc2cccc(Cl)c2o1. The van der Waals surface area contributed by atoms with E-state index in [4.69, 9.17) is 20.8 Å². The largest absolute Gasteiger partial charge is 0.453 e. The Labute approximate surface area is 127 Å². The molecule has 7 nitrogen and oxygen atoms in total. The molecule has 0 saturated carbocycles. The van der Waals surface area contributed by atoms with Gasteiger partial charge in [0.2, 0.25) is 5.76 Å². The van der Waals surface area contributed by atoms with Gasteiger partial charge >= 0.3 is 11.7 Å². The number of aromatic nitrogens is 2. The standard InChI is InChI=1S/C14H9ClN2O5/c15-9-3-1-2-7-4-10(22-12(7)9)13(19)21-6-8-5-11(18)17-14(20)16-8/h1-5H,6H2,(H2,16,17,18,20). The van der Waals surface area contributed by atoms with Crippen LogP contribution in [0.2, 0.25) is 5.02 Å². The van der Waals surface area contributed by atoms with Crippen molar-refractivity contribution in [2.75, 3.05) is 0 Å². The van der Waals surface area contributed by atoms with Gasteiger partial charge in [0.1, 0.15) is 6.61 Å². The van der Waals surface area contributed by atoms with E-state index >= 15 is 0 Å². The molecule has 3 rings (SSSR count). The second-order valence-electron chi connectivity index (χ2n) is 4.46. The Hall–Kier alpha value is -2.80. The summed E-state index contributed by atoms with van der Waals surface area (Å²) in [5.74, 6) is -0.747. The van der Waals surface area contributed by atoms with E-state index in [2.05, 4.69) is 4.98 Å². The van der Waals surface area contributed by atoms with Crippen LogP contribution in [0.15, 0.2) is 44.3 Å². The van der Waals surface area contributed by atoms with Gasteiger partial charge in [-0.1, -0.05) is 23.7 Å². The van der Waals surface area contributed by atoms with Crippen LogP contribution in [0.4, 0.5) is 0 Å².